The van der Waals surface area contributed by atoms with Gasteiger partial charge in [-0.05, 0) is 30.4 Å². The zero-order chi connectivity index (χ0) is 13.1. The first-order valence-electron chi connectivity index (χ1n) is 7.09. The third-order valence-electron chi connectivity index (χ3n) is 3.94. The van der Waals surface area contributed by atoms with Crippen LogP contribution in [-0.4, -0.2) is 35.8 Å². The summed E-state index contributed by atoms with van der Waals surface area (Å²) in [5.74, 6) is 1.10. The largest absolute Gasteiger partial charge is 0.356 e. The quantitative estimate of drug-likeness (QED) is 0.435. The van der Waals surface area contributed by atoms with Gasteiger partial charge in [0.1, 0.15) is 0 Å². The van der Waals surface area contributed by atoms with Crippen molar-refractivity contribution in [2.45, 2.75) is 25.3 Å². The summed E-state index contributed by atoms with van der Waals surface area (Å²) < 4.78 is 0. The number of fused-ring (bicyclic) bond motifs is 3. The number of halogens is 2. The molecule has 3 rings (SSSR count). The summed E-state index contributed by atoms with van der Waals surface area (Å²) in [6.45, 7) is 3.02. The number of hydrogen-bond acceptors (Lipinski definition) is 3. The fourth-order valence-corrected chi connectivity index (χ4v) is 3.30. The minimum atomic E-state index is 0. The summed E-state index contributed by atoms with van der Waals surface area (Å²) in [5, 5.41) is 4.54. The molecule has 0 aromatic heterocycles. The maximum absolute atomic E-state index is 4.67. The molecule has 3 nitrogen and oxygen atoms in total. The third kappa shape index (κ3) is 3.30. The fraction of sp³-hybridized carbons (Fsp3) is 0.533. The molecule has 110 valence electrons. The van der Waals surface area contributed by atoms with Crippen LogP contribution in [0, 0.1) is 0 Å². The second kappa shape index (κ2) is 7.64. The molecule has 0 bridgehead atoms. The average Bonchev–Trinajstić information content (AvgIpc) is 2.47. The topological polar surface area (TPSA) is 27.6 Å². The molecule has 0 aliphatic carbocycles. The van der Waals surface area contributed by atoms with E-state index in [1.165, 1.54) is 11.1 Å². The molecule has 0 fully saturated rings. The SMILES string of the molecule is BrCCCNC1=NCCC2c3ccccc3CCN12.I. The molecular weight excluding hydrogens is 429 g/mol. The van der Waals surface area contributed by atoms with Crippen LogP contribution in [-0.2, 0) is 6.42 Å². The van der Waals surface area contributed by atoms with Gasteiger partial charge in [-0.15, -0.1) is 24.0 Å². The van der Waals surface area contributed by atoms with Crippen LogP contribution in [0.5, 0.6) is 0 Å². The van der Waals surface area contributed by atoms with Crippen molar-refractivity contribution >= 4 is 45.9 Å². The van der Waals surface area contributed by atoms with Crippen LogP contribution in [0.25, 0.3) is 0 Å². The molecule has 2 aliphatic heterocycles. The average molecular weight is 450 g/mol. The highest BCUT2D eigenvalue weighted by molar-refractivity contribution is 14.0. The van der Waals surface area contributed by atoms with Gasteiger partial charge in [-0.25, -0.2) is 0 Å². The van der Waals surface area contributed by atoms with Crippen molar-refractivity contribution in [3.8, 4) is 0 Å². The number of nitrogens with one attached hydrogen (secondary N) is 1. The molecule has 1 aromatic carbocycles. The van der Waals surface area contributed by atoms with Gasteiger partial charge >= 0.3 is 0 Å². The second-order valence-electron chi connectivity index (χ2n) is 5.12. The Kier molecular flexibility index (Phi) is 6.14. The van der Waals surface area contributed by atoms with Crippen LogP contribution in [0.15, 0.2) is 29.3 Å². The van der Waals surface area contributed by atoms with Gasteiger partial charge in [0, 0.05) is 25.0 Å². The number of guanidine groups is 1. The van der Waals surface area contributed by atoms with Gasteiger partial charge in [0.15, 0.2) is 5.96 Å². The monoisotopic (exact) mass is 449 g/mol. The molecule has 1 unspecified atom stereocenters. The summed E-state index contributed by atoms with van der Waals surface area (Å²) in [4.78, 5) is 7.13. The molecule has 1 N–H and O–H groups in total. The van der Waals surface area contributed by atoms with Crippen molar-refractivity contribution in [2.24, 2.45) is 4.99 Å². The van der Waals surface area contributed by atoms with E-state index in [0.717, 1.165) is 50.2 Å². The number of benzene rings is 1. The lowest BCUT2D eigenvalue weighted by Crippen LogP contribution is -2.49. The number of rotatable bonds is 3. The first kappa shape index (κ1) is 16.1. The standard InChI is InChI=1S/C15H20BrN3.HI/c16-8-3-9-17-15-18-10-6-14-13-5-2-1-4-12(13)7-11-19(14)15;/h1-2,4-5,14H,3,6-11H2,(H,17,18);1H. The van der Waals surface area contributed by atoms with E-state index in [1.54, 1.807) is 0 Å². The summed E-state index contributed by atoms with van der Waals surface area (Å²) in [6.07, 6.45) is 3.40. The summed E-state index contributed by atoms with van der Waals surface area (Å²) in [7, 11) is 0. The minimum Gasteiger partial charge on any atom is -0.356 e. The molecule has 1 atom stereocenters. The van der Waals surface area contributed by atoms with E-state index in [2.05, 4.69) is 55.4 Å². The van der Waals surface area contributed by atoms with E-state index in [9.17, 15) is 0 Å². The Morgan fingerprint density at radius 3 is 3.05 bits per heavy atom. The molecule has 0 spiro atoms. The molecule has 5 heteroatoms. The lowest BCUT2D eigenvalue weighted by atomic mass is 9.90. The van der Waals surface area contributed by atoms with Crippen LogP contribution >= 0.6 is 39.9 Å². The van der Waals surface area contributed by atoms with Crippen LogP contribution in [0.1, 0.15) is 30.0 Å². The normalized spacial score (nSPS) is 20.4. The molecular formula is C15H21BrIN3. The highest BCUT2D eigenvalue weighted by Crippen LogP contribution is 2.33. The molecule has 2 aliphatic rings. The predicted octanol–water partition coefficient (Wildman–Crippen LogP) is 3.34. The number of alkyl halides is 1. The van der Waals surface area contributed by atoms with Crippen molar-refractivity contribution in [1.82, 2.24) is 10.2 Å². The first-order valence-corrected chi connectivity index (χ1v) is 8.21. The molecule has 2 heterocycles. The van der Waals surface area contributed by atoms with Crippen molar-refractivity contribution in [3.05, 3.63) is 35.4 Å². The van der Waals surface area contributed by atoms with Crippen molar-refractivity contribution < 1.29 is 0 Å². The molecule has 0 saturated heterocycles. The van der Waals surface area contributed by atoms with Crippen LogP contribution in [0.4, 0.5) is 0 Å². The molecule has 1 aromatic rings. The van der Waals surface area contributed by atoms with E-state index < -0.39 is 0 Å². The van der Waals surface area contributed by atoms with E-state index in [4.69, 9.17) is 0 Å². The summed E-state index contributed by atoms with van der Waals surface area (Å²) in [5.41, 5.74) is 3.02. The van der Waals surface area contributed by atoms with E-state index in [0.29, 0.717) is 6.04 Å². The maximum Gasteiger partial charge on any atom is 0.194 e. The number of hydrogen-bond donors (Lipinski definition) is 1. The van der Waals surface area contributed by atoms with E-state index in [1.807, 2.05) is 0 Å². The summed E-state index contributed by atoms with van der Waals surface area (Å²) >= 11 is 3.47. The smallest absolute Gasteiger partial charge is 0.194 e. The first-order chi connectivity index (χ1) is 9.40. The Bertz CT molecular complexity index is 478. The van der Waals surface area contributed by atoms with Gasteiger partial charge in [-0.1, -0.05) is 40.2 Å². The highest BCUT2D eigenvalue weighted by Gasteiger charge is 2.31. The maximum atomic E-state index is 4.67. The van der Waals surface area contributed by atoms with Gasteiger partial charge in [-0.3, -0.25) is 4.99 Å². The molecule has 0 radical (unpaired) electrons. The Labute approximate surface area is 146 Å². The molecule has 0 saturated carbocycles. The van der Waals surface area contributed by atoms with Gasteiger partial charge < -0.3 is 10.2 Å². The van der Waals surface area contributed by atoms with Crippen molar-refractivity contribution in [1.29, 1.82) is 0 Å². The zero-order valence-electron chi connectivity index (χ0n) is 11.5. The third-order valence-corrected chi connectivity index (χ3v) is 4.50. The van der Waals surface area contributed by atoms with E-state index >= 15 is 0 Å². The second-order valence-corrected chi connectivity index (χ2v) is 5.91. The fourth-order valence-electron chi connectivity index (χ4n) is 3.02. The molecule has 0 amide bonds. The molecule has 20 heavy (non-hydrogen) atoms. The van der Waals surface area contributed by atoms with Gasteiger partial charge in [0.25, 0.3) is 0 Å². The minimum absolute atomic E-state index is 0. The summed E-state index contributed by atoms with van der Waals surface area (Å²) in [6, 6.07) is 9.39. The number of aliphatic imine (C=N–C) groups is 1. The zero-order valence-corrected chi connectivity index (χ0v) is 15.4. The van der Waals surface area contributed by atoms with Crippen molar-refractivity contribution in [3.63, 3.8) is 0 Å². The van der Waals surface area contributed by atoms with Gasteiger partial charge in [0.2, 0.25) is 0 Å². The van der Waals surface area contributed by atoms with E-state index in [-0.39, 0.29) is 24.0 Å². The Balaban J connectivity index is 0.00000147. The Morgan fingerprint density at radius 2 is 2.20 bits per heavy atom. The van der Waals surface area contributed by atoms with Crippen LogP contribution in [0.2, 0.25) is 0 Å². The van der Waals surface area contributed by atoms with Gasteiger partial charge in [-0.2, -0.15) is 0 Å². The Hall–Kier alpha value is -0.300. The van der Waals surface area contributed by atoms with Crippen molar-refractivity contribution in [2.75, 3.05) is 25.0 Å². The lowest BCUT2D eigenvalue weighted by molar-refractivity contribution is 0.262. The predicted molar refractivity (Wildman–Crippen MR) is 98.3 cm³/mol. The highest BCUT2D eigenvalue weighted by atomic mass is 127. The number of nitrogens with zero attached hydrogens (tertiary/aromatic N) is 2. The lowest BCUT2D eigenvalue weighted by Gasteiger charge is -2.41. The van der Waals surface area contributed by atoms with Crippen LogP contribution < -0.4 is 5.32 Å². The van der Waals surface area contributed by atoms with Gasteiger partial charge in [0.05, 0.1) is 6.04 Å². The Morgan fingerprint density at radius 1 is 1.35 bits per heavy atom. The van der Waals surface area contributed by atoms with Crippen LogP contribution in [0.3, 0.4) is 0 Å².